The number of hydrogen-bond acceptors (Lipinski definition) is 7. The summed E-state index contributed by atoms with van der Waals surface area (Å²) in [4.78, 5) is 56.5. The average Bonchev–Trinajstić information content (AvgIpc) is 3.48. The summed E-state index contributed by atoms with van der Waals surface area (Å²) in [5, 5.41) is 3.42. The zero-order chi connectivity index (χ0) is 36.7. The first kappa shape index (κ1) is 36.0. The van der Waals surface area contributed by atoms with Gasteiger partial charge in [-0.3, -0.25) is 19.2 Å². The van der Waals surface area contributed by atoms with Crippen LogP contribution >= 0.6 is 11.6 Å². The summed E-state index contributed by atoms with van der Waals surface area (Å²) in [6.45, 7) is 4.90. The Morgan fingerprint density at radius 3 is 2.35 bits per heavy atom. The largest absolute Gasteiger partial charge is 0.418 e. The number of fused-ring (bicyclic) bond motifs is 3. The Morgan fingerprint density at radius 2 is 1.65 bits per heavy atom. The lowest BCUT2D eigenvalue weighted by Crippen LogP contribution is -2.59. The highest BCUT2D eigenvalue weighted by Gasteiger charge is 2.37. The topological polar surface area (TPSA) is 136 Å². The Labute approximate surface area is 303 Å². The second-order valence-electron chi connectivity index (χ2n) is 14.2. The van der Waals surface area contributed by atoms with Crippen molar-refractivity contribution in [3.63, 3.8) is 0 Å². The molecule has 0 saturated carbocycles. The van der Waals surface area contributed by atoms with Crippen molar-refractivity contribution < 1.29 is 22.8 Å². The number of pyridine rings is 1. The standard InChI is InChI=1S/C36H43ClF3N9O3/c1-45-10-6-23(7-11-45)46-14-16-47(17-15-46)33(50)29(20-22-18-26(36(38,39)40)31(41)27(37)19-22)43-34(51)48-12-8-24(9-13-48)49-30-21-42-28-5-3-2-4-25(28)32(30)44-35(49)52/h2-5,18-19,21,23-24,29H,6-17,20,41H2,1H3,(H,43,51)(H,44,52)/t29-/m1/s1. The van der Waals surface area contributed by atoms with Crippen molar-refractivity contribution in [2.24, 2.45) is 0 Å². The number of carbonyl (C=O) groups excluding carboxylic acids is 2. The summed E-state index contributed by atoms with van der Waals surface area (Å²) in [5.74, 6) is -0.363. The van der Waals surface area contributed by atoms with Gasteiger partial charge in [0.05, 0.1) is 39.0 Å². The molecule has 4 N–H and O–H groups in total. The second kappa shape index (κ2) is 14.6. The van der Waals surface area contributed by atoms with Crippen LogP contribution in [-0.4, -0.2) is 118 Å². The number of amides is 3. The predicted octanol–water partition coefficient (Wildman–Crippen LogP) is 4.33. The smallest absolute Gasteiger partial charge is 0.397 e. The number of para-hydroxylation sites is 1. The maximum Gasteiger partial charge on any atom is 0.418 e. The van der Waals surface area contributed by atoms with Crippen molar-refractivity contribution >= 4 is 51.2 Å². The molecule has 0 radical (unpaired) electrons. The monoisotopic (exact) mass is 741 g/mol. The molecule has 3 fully saturated rings. The fraction of sp³-hybridized carbons (Fsp3) is 0.500. The highest BCUT2D eigenvalue weighted by molar-refractivity contribution is 6.33. The van der Waals surface area contributed by atoms with Gasteiger partial charge in [-0.25, -0.2) is 9.59 Å². The van der Waals surface area contributed by atoms with E-state index in [4.69, 9.17) is 17.3 Å². The number of carbonyl (C=O) groups is 2. The number of halogens is 4. The molecule has 2 aromatic carbocycles. The number of piperidine rings is 2. The van der Waals surface area contributed by atoms with Crippen molar-refractivity contribution in [3.8, 4) is 0 Å². The van der Waals surface area contributed by atoms with Crippen LogP contribution in [0, 0.1) is 0 Å². The number of benzene rings is 2. The molecule has 0 unspecified atom stereocenters. The Hall–Kier alpha value is -4.34. The van der Waals surface area contributed by atoms with Crippen LogP contribution in [0.3, 0.4) is 0 Å². The lowest BCUT2D eigenvalue weighted by molar-refractivity contribution is -0.137. The van der Waals surface area contributed by atoms with Crippen LogP contribution in [0.4, 0.5) is 23.7 Å². The molecule has 3 amide bonds. The van der Waals surface area contributed by atoms with Crippen molar-refractivity contribution in [1.29, 1.82) is 0 Å². The van der Waals surface area contributed by atoms with E-state index in [9.17, 15) is 27.6 Å². The highest BCUT2D eigenvalue weighted by atomic mass is 35.5. The van der Waals surface area contributed by atoms with E-state index in [2.05, 4.69) is 32.1 Å². The molecule has 12 nitrogen and oxygen atoms in total. The quantitative estimate of drug-likeness (QED) is 0.251. The Balaban J connectivity index is 1.06. The summed E-state index contributed by atoms with van der Waals surface area (Å²) < 4.78 is 43.2. The Bertz CT molecular complexity index is 2010. The molecule has 4 aromatic rings. The van der Waals surface area contributed by atoms with Gasteiger partial charge in [0.15, 0.2) is 0 Å². The third-order valence-corrected chi connectivity index (χ3v) is 11.3. The van der Waals surface area contributed by atoms with E-state index in [0.29, 0.717) is 69.2 Å². The van der Waals surface area contributed by atoms with Gasteiger partial charge in [0.2, 0.25) is 5.91 Å². The van der Waals surface area contributed by atoms with Gasteiger partial charge in [0, 0.05) is 63.2 Å². The number of nitrogens with two attached hydrogens (primary N) is 1. The molecule has 0 bridgehead atoms. The number of rotatable bonds is 6. The van der Waals surface area contributed by atoms with E-state index in [1.165, 1.54) is 6.07 Å². The van der Waals surface area contributed by atoms with Crippen LogP contribution in [0.25, 0.3) is 21.9 Å². The summed E-state index contributed by atoms with van der Waals surface area (Å²) >= 11 is 6.14. The third kappa shape index (κ3) is 7.30. The fourth-order valence-electron chi connectivity index (χ4n) is 8.00. The minimum Gasteiger partial charge on any atom is -0.397 e. The van der Waals surface area contributed by atoms with Gasteiger partial charge in [-0.05, 0) is 69.6 Å². The number of nitrogens with one attached hydrogen (secondary N) is 2. The molecule has 3 aliphatic rings. The molecule has 3 aliphatic heterocycles. The van der Waals surface area contributed by atoms with Gasteiger partial charge < -0.3 is 30.7 Å². The fourth-order valence-corrected chi connectivity index (χ4v) is 8.24. The number of aromatic amines is 1. The number of aromatic nitrogens is 3. The number of nitrogen functional groups attached to an aromatic ring is 1. The molecule has 0 spiro atoms. The molecule has 5 heterocycles. The van der Waals surface area contributed by atoms with E-state index in [1.54, 1.807) is 20.6 Å². The van der Waals surface area contributed by atoms with E-state index in [-0.39, 0.29) is 34.6 Å². The van der Waals surface area contributed by atoms with Crippen LogP contribution in [0.1, 0.15) is 42.9 Å². The van der Waals surface area contributed by atoms with Crippen molar-refractivity contribution in [3.05, 3.63) is 69.2 Å². The number of piperazine rings is 1. The lowest BCUT2D eigenvalue weighted by Gasteiger charge is -2.43. The van der Waals surface area contributed by atoms with Crippen molar-refractivity contribution in [2.45, 2.75) is 56.4 Å². The molecule has 278 valence electrons. The number of urea groups is 1. The maximum atomic E-state index is 14.1. The van der Waals surface area contributed by atoms with Crippen LogP contribution in [0.5, 0.6) is 0 Å². The number of likely N-dealkylation sites (tertiary alicyclic amines) is 2. The van der Waals surface area contributed by atoms with Crippen LogP contribution in [0.2, 0.25) is 5.02 Å². The molecule has 16 heteroatoms. The van der Waals surface area contributed by atoms with Crippen LogP contribution in [0.15, 0.2) is 47.4 Å². The summed E-state index contributed by atoms with van der Waals surface area (Å²) in [5.41, 5.74) is 6.06. The zero-order valence-electron chi connectivity index (χ0n) is 29.0. The molecular formula is C36H43ClF3N9O3. The average molecular weight is 742 g/mol. The SMILES string of the molecule is CN1CCC(N2CCN(C(=O)[C@@H](Cc3cc(Cl)c(N)c(C(F)(F)F)c3)NC(=O)N3CCC(n4c(=O)[nH]c5c6ccccc6ncc54)CC3)CC2)CC1. The first-order chi connectivity index (χ1) is 24.9. The summed E-state index contributed by atoms with van der Waals surface area (Å²) in [6.07, 6.45) is -0.196. The van der Waals surface area contributed by atoms with E-state index >= 15 is 0 Å². The third-order valence-electron chi connectivity index (χ3n) is 10.9. The van der Waals surface area contributed by atoms with Crippen LogP contribution < -0.4 is 16.7 Å². The number of hydrogen-bond donors (Lipinski definition) is 3. The molecule has 7 rings (SSSR count). The second-order valence-corrected chi connectivity index (χ2v) is 14.6. The normalized spacial score (nSPS) is 19.4. The van der Waals surface area contributed by atoms with Crippen molar-refractivity contribution in [2.75, 3.05) is 65.1 Å². The zero-order valence-corrected chi connectivity index (χ0v) is 29.7. The lowest BCUT2D eigenvalue weighted by atomic mass is 10.00. The number of H-pyrrole nitrogens is 1. The van der Waals surface area contributed by atoms with Gasteiger partial charge in [-0.1, -0.05) is 29.8 Å². The predicted molar refractivity (Wildman–Crippen MR) is 193 cm³/mol. The first-order valence-corrected chi connectivity index (χ1v) is 18.1. The Kier molecular flexibility index (Phi) is 10.1. The maximum absolute atomic E-state index is 14.1. The van der Waals surface area contributed by atoms with Gasteiger partial charge >= 0.3 is 17.9 Å². The number of imidazole rings is 1. The van der Waals surface area contributed by atoms with Crippen molar-refractivity contribution in [1.82, 2.24) is 39.5 Å². The first-order valence-electron chi connectivity index (χ1n) is 17.8. The van der Waals surface area contributed by atoms with Gasteiger partial charge in [0.25, 0.3) is 0 Å². The molecule has 0 aliphatic carbocycles. The van der Waals surface area contributed by atoms with E-state index < -0.39 is 29.5 Å². The molecule has 3 saturated heterocycles. The van der Waals surface area contributed by atoms with E-state index in [1.807, 2.05) is 24.3 Å². The van der Waals surface area contributed by atoms with E-state index in [0.717, 1.165) is 42.9 Å². The highest BCUT2D eigenvalue weighted by Crippen LogP contribution is 2.38. The molecule has 52 heavy (non-hydrogen) atoms. The molecule has 2 aromatic heterocycles. The van der Waals surface area contributed by atoms with Gasteiger partial charge in [-0.2, -0.15) is 13.2 Å². The summed E-state index contributed by atoms with van der Waals surface area (Å²) in [7, 11) is 2.11. The van der Waals surface area contributed by atoms with Gasteiger partial charge in [-0.15, -0.1) is 0 Å². The number of anilines is 1. The minimum absolute atomic E-state index is 0.133. The van der Waals surface area contributed by atoms with Gasteiger partial charge in [0.1, 0.15) is 6.04 Å². The van der Waals surface area contributed by atoms with Crippen LogP contribution in [-0.2, 0) is 17.4 Å². The minimum atomic E-state index is -4.75. The summed E-state index contributed by atoms with van der Waals surface area (Å²) in [6, 6.07) is 8.39. The number of nitrogens with zero attached hydrogens (tertiary/aromatic N) is 6. The number of alkyl halides is 3. The molecule has 1 atom stereocenters. The Morgan fingerprint density at radius 1 is 0.981 bits per heavy atom. The molecular weight excluding hydrogens is 699 g/mol.